The van der Waals surface area contributed by atoms with Gasteiger partial charge in [-0.3, -0.25) is 9.69 Å². The number of carbonyl (C=O) groups is 1. The van der Waals surface area contributed by atoms with Crippen LogP contribution in [0.1, 0.15) is 10.4 Å². The largest absolute Gasteiger partial charge is 0.497 e. The van der Waals surface area contributed by atoms with Gasteiger partial charge in [0.25, 0.3) is 0 Å². The molecule has 1 aliphatic heterocycles. The maximum absolute atomic E-state index is 12.3. The summed E-state index contributed by atoms with van der Waals surface area (Å²) in [5.41, 5.74) is 0.563. The summed E-state index contributed by atoms with van der Waals surface area (Å²) in [4.78, 5) is 14.4. The van der Waals surface area contributed by atoms with Crippen molar-refractivity contribution < 1.29 is 19.0 Å². The fourth-order valence-electron chi connectivity index (χ4n) is 2.08. The number of ketones is 1. The van der Waals surface area contributed by atoms with E-state index in [9.17, 15) is 4.79 Å². The number of hydrogen-bond acceptors (Lipinski definition) is 5. The Kier molecular flexibility index (Phi) is 4.76. The summed E-state index contributed by atoms with van der Waals surface area (Å²) >= 11 is 0. The number of Topliss-reactive ketones (excluding diaryl/α,β-unsaturated/α-hetero) is 1. The standard InChI is InChI=1S/C14H19NO4/c1-17-11-3-4-14(18-2)12(9-11)13(16)10-15-5-7-19-8-6-15/h3-4,9H,5-8,10H2,1-2H3. The smallest absolute Gasteiger partial charge is 0.180 e. The Morgan fingerprint density at radius 2 is 2.00 bits per heavy atom. The predicted octanol–water partition coefficient (Wildman–Crippen LogP) is 1.22. The highest BCUT2D eigenvalue weighted by Gasteiger charge is 2.18. The summed E-state index contributed by atoms with van der Waals surface area (Å²) in [6, 6.07) is 5.26. The maximum atomic E-state index is 12.3. The van der Waals surface area contributed by atoms with Crippen LogP contribution in [0.3, 0.4) is 0 Å². The molecule has 0 spiro atoms. The molecule has 0 aliphatic carbocycles. The number of nitrogens with zero attached hydrogens (tertiary/aromatic N) is 1. The molecule has 0 atom stereocenters. The van der Waals surface area contributed by atoms with Crippen molar-refractivity contribution in [1.29, 1.82) is 0 Å². The number of rotatable bonds is 5. The van der Waals surface area contributed by atoms with Gasteiger partial charge in [0, 0.05) is 13.1 Å². The fourth-order valence-corrected chi connectivity index (χ4v) is 2.08. The number of ether oxygens (including phenoxy) is 3. The summed E-state index contributed by atoms with van der Waals surface area (Å²) < 4.78 is 15.7. The molecule has 5 heteroatoms. The Morgan fingerprint density at radius 3 is 2.63 bits per heavy atom. The lowest BCUT2D eigenvalue weighted by Crippen LogP contribution is -2.39. The normalized spacial score (nSPS) is 16.1. The molecule has 1 fully saturated rings. The molecule has 104 valence electrons. The Hall–Kier alpha value is -1.59. The van der Waals surface area contributed by atoms with Gasteiger partial charge in [0.2, 0.25) is 0 Å². The lowest BCUT2D eigenvalue weighted by atomic mass is 10.1. The second-order valence-corrected chi connectivity index (χ2v) is 4.38. The van der Waals surface area contributed by atoms with Gasteiger partial charge in [-0.15, -0.1) is 0 Å². The minimum atomic E-state index is 0.0395. The molecule has 1 aromatic carbocycles. The number of carbonyl (C=O) groups excluding carboxylic acids is 1. The van der Waals surface area contributed by atoms with Crippen molar-refractivity contribution in [3.8, 4) is 11.5 Å². The van der Waals surface area contributed by atoms with Crippen LogP contribution in [0.5, 0.6) is 11.5 Å². The van der Waals surface area contributed by atoms with Crippen molar-refractivity contribution in [3.05, 3.63) is 23.8 Å². The zero-order chi connectivity index (χ0) is 13.7. The average Bonchev–Trinajstić information content (AvgIpc) is 2.47. The first-order chi connectivity index (χ1) is 9.24. The van der Waals surface area contributed by atoms with E-state index in [-0.39, 0.29) is 5.78 Å². The monoisotopic (exact) mass is 265 g/mol. The number of hydrogen-bond donors (Lipinski definition) is 0. The molecule has 0 amide bonds. The average molecular weight is 265 g/mol. The molecule has 5 nitrogen and oxygen atoms in total. The Balaban J connectivity index is 2.12. The van der Waals surface area contributed by atoms with Crippen LogP contribution in [-0.2, 0) is 4.74 Å². The van der Waals surface area contributed by atoms with Crippen LogP contribution in [0.15, 0.2) is 18.2 Å². The van der Waals surface area contributed by atoms with Crippen LogP contribution >= 0.6 is 0 Å². The van der Waals surface area contributed by atoms with Gasteiger partial charge in [0.15, 0.2) is 5.78 Å². The highest BCUT2D eigenvalue weighted by Crippen LogP contribution is 2.24. The molecular weight excluding hydrogens is 246 g/mol. The van der Waals surface area contributed by atoms with Gasteiger partial charge in [0.05, 0.1) is 39.5 Å². The van der Waals surface area contributed by atoms with Crippen LogP contribution in [0.4, 0.5) is 0 Å². The number of benzene rings is 1. The van der Waals surface area contributed by atoms with Crippen LogP contribution in [0, 0.1) is 0 Å². The molecule has 0 unspecified atom stereocenters. The van der Waals surface area contributed by atoms with E-state index in [1.165, 1.54) is 0 Å². The second-order valence-electron chi connectivity index (χ2n) is 4.38. The maximum Gasteiger partial charge on any atom is 0.180 e. The quantitative estimate of drug-likeness (QED) is 0.749. The van der Waals surface area contributed by atoms with Crippen LogP contribution in [-0.4, -0.2) is 57.8 Å². The zero-order valence-electron chi connectivity index (χ0n) is 11.3. The van der Waals surface area contributed by atoms with Crippen molar-refractivity contribution in [2.24, 2.45) is 0 Å². The minimum Gasteiger partial charge on any atom is -0.497 e. The molecule has 1 saturated heterocycles. The topological polar surface area (TPSA) is 48.0 Å². The molecule has 0 aromatic heterocycles. The summed E-state index contributed by atoms with van der Waals surface area (Å²) in [7, 11) is 3.14. The minimum absolute atomic E-state index is 0.0395. The Bertz CT molecular complexity index is 441. The van der Waals surface area contributed by atoms with Crippen LogP contribution in [0.2, 0.25) is 0 Å². The van der Waals surface area contributed by atoms with E-state index < -0.39 is 0 Å². The van der Waals surface area contributed by atoms with E-state index in [0.29, 0.717) is 36.8 Å². The third-order valence-corrected chi connectivity index (χ3v) is 3.18. The molecule has 0 saturated carbocycles. The van der Waals surface area contributed by atoms with E-state index in [0.717, 1.165) is 13.1 Å². The first-order valence-electron chi connectivity index (χ1n) is 6.30. The van der Waals surface area contributed by atoms with Crippen molar-refractivity contribution in [2.45, 2.75) is 0 Å². The van der Waals surface area contributed by atoms with E-state index in [4.69, 9.17) is 14.2 Å². The van der Waals surface area contributed by atoms with Crippen LogP contribution < -0.4 is 9.47 Å². The molecule has 0 N–H and O–H groups in total. The van der Waals surface area contributed by atoms with Crippen molar-refractivity contribution >= 4 is 5.78 Å². The number of methoxy groups -OCH3 is 2. The van der Waals surface area contributed by atoms with Gasteiger partial charge in [0.1, 0.15) is 11.5 Å². The third kappa shape index (κ3) is 3.45. The van der Waals surface area contributed by atoms with Crippen molar-refractivity contribution in [1.82, 2.24) is 4.90 Å². The van der Waals surface area contributed by atoms with Gasteiger partial charge < -0.3 is 14.2 Å². The fraction of sp³-hybridized carbons (Fsp3) is 0.500. The van der Waals surface area contributed by atoms with Gasteiger partial charge in [-0.2, -0.15) is 0 Å². The van der Waals surface area contributed by atoms with Gasteiger partial charge >= 0.3 is 0 Å². The summed E-state index contributed by atoms with van der Waals surface area (Å²) in [6.07, 6.45) is 0. The molecule has 1 aliphatic rings. The lowest BCUT2D eigenvalue weighted by Gasteiger charge is -2.26. The van der Waals surface area contributed by atoms with E-state index in [1.807, 2.05) is 0 Å². The van der Waals surface area contributed by atoms with E-state index in [2.05, 4.69) is 4.90 Å². The van der Waals surface area contributed by atoms with Gasteiger partial charge in [-0.25, -0.2) is 0 Å². The number of morpholine rings is 1. The Labute approximate surface area is 113 Å². The zero-order valence-corrected chi connectivity index (χ0v) is 11.3. The molecule has 2 rings (SSSR count). The summed E-state index contributed by atoms with van der Waals surface area (Å²) in [5.74, 6) is 1.28. The van der Waals surface area contributed by atoms with Gasteiger partial charge in [-0.1, -0.05) is 0 Å². The highest BCUT2D eigenvalue weighted by atomic mass is 16.5. The SMILES string of the molecule is COc1ccc(OC)c(C(=O)CN2CCOCC2)c1. The van der Waals surface area contributed by atoms with Gasteiger partial charge in [-0.05, 0) is 18.2 Å². The van der Waals surface area contributed by atoms with E-state index in [1.54, 1.807) is 32.4 Å². The predicted molar refractivity (Wildman–Crippen MR) is 71.1 cm³/mol. The molecule has 1 heterocycles. The van der Waals surface area contributed by atoms with Crippen LogP contribution in [0.25, 0.3) is 0 Å². The van der Waals surface area contributed by atoms with Crippen molar-refractivity contribution in [2.75, 3.05) is 47.1 Å². The van der Waals surface area contributed by atoms with E-state index >= 15 is 0 Å². The molecule has 19 heavy (non-hydrogen) atoms. The molecule has 0 radical (unpaired) electrons. The molecular formula is C14H19NO4. The van der Waals surface area contributed by atoms with Crippen molar-refractivity contribution in [3.63, 3.8) is 0 Å². The first-order valence-corrected chi connectivity index (χ1v) is 6.30. The lowest BCUT2D eigenvalue weighted by molar-refractivity contribution is 0.0370. The Morgan fingerprint density at radius 1 is 1.26 bits per heavy atom. The second kappa shape index (κ2) is 6.54. The summed E-state index contributed by atoms with van der Waals surface area (Å²) in [6.45, 7) is 3.33. The molecule has 1 aromatic rings. The summed E-state index contributed by atoms with van der Waals surface area (Å²) in [5, 5.41) is 0. The third-order valence-electron chi connectivity index (χ3n) is 3.18. The molecule has 0 bridgehead atoms. The highest BCUT2D eigenvalue weighted by molar-refractivity contribution is 6.00. The first kappa shape index (κ1) is 13.8.